The van der Waals surface area contributed by atoms with Crippen molar-refractivity contribution in [3.05, 3.63) is 45.8 Å². The van der Waals surface area contributed by atoms with E-state index >= 15 is 0 Å². The van der Waals surface area contributed by atoms with Gasteiger partial charge in [-0.05, 0) is 17.7 Å². The summed E-state index contributed by atoms with van der Waals surface area (Å²) in [7, 11) is 0. The fraction of sp³-hybridized carbons (Fsp3) is 0. The molecule has 1 aromatic carbocycles. The van der Waals surface area contributed by atoms with E-state index < -0.39 is 22.3 Å². The Kier molecular flexibility index (Phi) is 3.12. The topological polar surface area (TPSA) is 86.2 Å². The van der Waals surface area contributed by atoms with E-state index in [1.807, 2.05) is 0 Å². The van der Waals surface area contributed by atoms with Crippen LogP contribution in [-0.4, -0.2) is 10.8 Å². The van der Waals surface area contributed by atoms with Gasteiger partial charge in [0, 0.05) is 12.1 Å². The second-order valence-electron chi connectivity index (χ2n) is 2.70. The molecule has 0 spiro atoms. The highest BCUT2D eigenvalue weighted by molar-refractivity contribution is 5.90. The monoisotopic (exact) mass is 210 g/mol. The van der Waals surface area contributed by atoms with Gasteiger partial charge in [0.25, 0.3) is 0 Å². The zero-order chi connectivity index (χ0) is 11.4. The quantitative estimate of drug-likeness (QED) is 0.462. The van der Waals surface area contributed by atoms with Crippen molar-refractivity contribution in [1.29, 1.82) is 0 Å². The first-order chi connectivity index (χ1) is 7.00. The van der Waals surface area contributed by atoms with Gasteiger partial charge in [-0.15, -0.1) is 0 Å². The molecular formula is C9H7FN2O3. The number of nitro groups is 1. The van der Waals surface area contributed by atoms with Crippen LogP contribution in [0.2, 0.25) is 0 Å². The fourth-order valence-electron chi connectivity index (χ4n) is 0.952. The van der Waals surface area contributed by atoms with Crippen LogP contribution in [-0.2, 0) is 4.79 Å². The van der Waals surface area contributed by atoms with Gasteiger partial charge in [0.2, 0.25) is 11.7 Å². The number of nitrogens with zero attached hydrogens (tertiary/aromatic N) is 1. The van der Waals surface area contributed by atoms with Gasteiger partial charge in [0.1, 0.15) is 0 Å². The largest absolute Gasteiger partial charge is 0.366 e. The number of hydrogen-bond acceptors (Lipinski definition) is 3. The molecule has 0 aliphatic heterocycles. The maximum atomic E-state index is 12.9. The highest BCUT2D eigenvalue weighted by Gasteiger charge is 2.13. The minimum atomic E-state index is -0.920. The molecule has 0 saturated carbocycles. The van der Waals surface area contributed by atoms with Gasteiger partial charge < -0.3 is 5.73 Å². The zero-order valence-corrected chi connectivity index (χ0v) is 7.51. The van der Waals surface area contributed by atoms with Gasteiger partial charge in [-0.3, -0.25) is 14.9 Å². The van der Waals surface area contributed by atoms with Gasteiger partial charge >= 0.3 is 5.69 Å². The Morgan fingerprint density at radius 1 is 1.53 bits per heavy atom. The average Bonchev–Trinajstić information content (AvgIpc) is 2.16. The van der Waals surface area contributed by atoms with Crippen LogP contribution in [0.4, 0.5) is 10.1 Å². The van der Waals surface area contributed by atoms with Gasteiger partial charge in [-0.1, -0.05) is 6.07 Å². The summed E-state index contributed by atoms with van der Waals surface area (Å²) in [5.74, 6) is -1.60. The number of nitro benzene ring substituents is 1. The van der Waals surface area contributed by atoms with Crippen molar-refractivity contribution in [3.8, 4) is 0 Å². The molecule has 5 nitrogen and oxygen atoms in total. The standard InChI is InChI=1S/C9H7FN2O3/c10-7-3-1-6(2-4-9(11)13)5-8(7)12(14)15/h1-5H,(H2,11,13)/b4-2-. The number of carbonyl (C=O) groups excluding carboxylic acids is 1. The van der Waals surface area contributed by atoms with E-state index in [-0.39, 0.29) is 0 Å². The first-order valence-corrected chi connectivity index (χ1v) is 3.92. The Balaban J connectivity index is 3.08. The van der Waals surface area contributed by atoms with Crippen molar-refractivity contribution in [3.63, 3.8) is 0 Å². The number of carbonyl (C=O) groups is 1. The van der Waals surface area contributed by atoms with Crippen LogP contribution in [0, 0.1) is 15.9 Å². The Labute approximate surface area is 84.2 Å². The molecule has 0 bridgehead atoms. The van der Waals surface area contributed by atoms with Crippen molar-refractivity contribution >= 4 is 17.7 Å². The molecular weight excluding hydrogens is 203 g/mol. The number of nitrogens with two attached hydrogens (primary N) is 1. The molecule has 0 aliphatic carbocycles. The van der Waals surface area contributed by atoms with Gasteiger partial charge in [-0.2, -0.15) is 4.39 Å². The summed E-state index contributed by atoms with van der Waals surface area (Å²) < 4.78 is 12.9. The molecule has 1 amide bonds. The van der Waals surface area contributed by atoms with Crippen LogP contribution >= 0.6 is 0 Å². The highest BCUT2D eigenvalue weighted by atomic mass is 19.1. The summed E-state index contributed by atoms with van der Waals surface area (Å²) in [4.78, 5) is 19.9. The molecule has 0 aliphatic rings. The van der Waals surface area contributed by atoms with Crippen molar-refractivity contribution in [2.24, 2.45) is 5.73 Å². The molecule has 0 atom stereocenters. The van der Waals surface area contributed by atoms with Crippen molar-refractivity contribution in [1.82, 2.24) is 0 Å². The van der Waals surface area contributed by atoms with Crippen LogP contribution in [0.25, 0.3) is 6.08 Å². The fourth-order valence-corrected chi connectivity index (χ4v) is 0.952. The third-order valence-electron chi connectivity index (χ3n) is 1.61. The molecule has 78 valence electrons. The number of rotatable bonds is 3. The second kappa shape index (κ2) is 4.32. The first-order valence-electron chi connectivity index (χ1n) is 3.92. The normalized spacial score (nSPS) is 10.5. The minimum absolute atomic E-state index is 0.335. The summed E-state index contributed by atoms with van der Waals surface area (Å²) in [5.41, 5.74) is 4.53. The van der Waals surface area contributed by atoms with E-state index in [2.05, 4.69) is 0 Å². The van der Waals surface area contributed by atoms with Gasteiger partial charge in [0.05, 0.1) is 4.92 Å². The summed E-state index contributed by atoms with van der Waals surface area (Å²) in [6.07, 6.45) is 2.31. The van der Waals surface area contributed by atoms with Crippen molar-refractivity contribution in [2.45, 2.75) is 0 Å². The SMILES string of the molecule is NC(=O)/C=C\c1ccc(F)c([N+](=O)[O-])c1. The summed E-state index contributed by atoms with van der Waals surface area (Å²) in [6.45, 7) is 0. The predicted octanol–water partition coefficient (Wildman–Crippen LogP) is 1.23. The van der Waals surface area contributed by atoms with Crippen LogP contribution in [0.1, 0.15) is 5.56 Å². The molecule has 0 saturated heterocycles. The second-order valence-corrected chi connectivity index (χ2v) is 2.70. The summed E-state index contributed by atoms with van der Waals surface area (Å²) in [5, 5.41) is 10.4. The molecule has 15 heavy (non-hydrogen) atoms. The third-order valence-corrected chi connectivity index (χ3v) is 1.61. The third kappa shape index (κ3) is 2.87. The van der Waals surface area contributed by atoms with E-state index in [1.165, 1.54) is 12.1 Å². The number of benzene rings is 1. The lowest BCUT2D eigenvalue weighted by atomic mass is 10.2. The Bertz CT molecular complexity index is 443. The maximum Gasteiger partial charge on any atom is 0.305 e. The number of hydrogen-bond donors (Lipinski definition) is 1. The van der Waals surface area contributed by atoms with E-state index in [0.717, 1.165) is 18.2 Å². The van der Waals surface area contributed by atoms with E-state index in [9.17, 15) is 19.3 Å². The van der Waals surface area contributed by atoms with Crippen LogP contribution < -0.4 is 5.73 Å². The molecule has 0 fully saturated rings. The molecule has 0 unspecified atom stereocenters. The van der Waals surface area contributed by atoms with E-state index in [1.54, 1.807) is 0 Å². The molecule has 0 radical (unpaired) electrons. The molecule has 2 N–H and O–H groups in total. The van der Waals surface area contributed by atoms with Gasteiger partial charge in [0.15, 0.2) is 0 Å². The molecule has 1 rings (SSSR count). The lowest BCUT2D eigenvalue weighted by molar-refractivity contribution is -0.387. The molecule has 0 aromatic heterocycles. The van der Waals surface area contributed by atoms with Crippen LogP contribution in [0.15, 0.2) is 24.3 Å². The number of halogens is 1. The summed E-state index contributed by atoms with van der Waals surface area (Å²) >= 11 is 0. The van der Waals surface area contributed by atoms with Crippen LogP contribution in [0.5, 0.6) is 0 Å². The highest BCUT2D eigenvalue weighted by Crippen LogP contribution is 2.19. The van der Waals surface area contributed by atoms with E-state index in [4.69, 9.17) is 5.73 Å². The van der Waals surface area contributed by atoms with Crippen LogP contribution in [0.3, 0.4) is 0 Å². The molecule has 1 aromatic rings. The average molecular weight is 210 g/mol. The van der Waals surface area contributed by atoms with Crippen molar-refractivity contribution < 1.29 is 14.1 Å². The Morgan fingerprint density at radius 2 is 2.20 bits per heavy atom. The number of amides is 1. The first kappa shape index (κ1) is 10.8. The lowest BCUT2D eigenvalue weighted by Crippen LogP contribution is -2.05. The van der Waals surface area contributed by atoms with E-state index in [0.29, 0.717) is 5.56 Å². The summed E-state index contributed by atoms with van der Waals surface area (Å²) in [6, 6.07) is 3.29. The molecule has 0 heterocycles. The smallest absolute Gasteiger partial charge is 0.305 e. The Morgan fingerprint density at radius 3 is 2.73 bits per heavy atom. The lowest BCUT2D eigenvalue weighted by Gasteiger charge is -1.95. The zero-order valence-electron chi connectivity index (χ0n) is 7.51. The maximum absolute atomic E-state index is 12.9. The van der Waals surface area contributed by atoms with Gasteiger partial charge in [-0.25, -0.2) is 0 Å². The predicted molar refractivity (Wildman–Crippen MR) is 51.3 cm³/mol. The molecule has 6 heteroatoms. The Hall–Kier alpha value is -2.24. The van der Waals surface area contributed by atoms with Crippen molar-refractivity contribution in [2.75, 3.05) is 0 Å². The number of primary amides is 1. The minimum Gasteiger partial charge on any atom is -0.366 e.